The summed E-state index contributed by atoms with van der Waals surface area (Å²) in [7, 11) is 1.44. The molecule has 0 unspecified atom stereocenters. The Labute approximate surface area is 145 Å². The van der Waals surface area contributed by atoms with Crippen molar-refractivity contribution in [2.24, 2.45) is 0 Å². The molecule has 3 rings (SSSR count). The Morgan fingerprint density at radius 1 is 1.28 bits per heavy atom. The molecule has 2 N–H and O–H groups in total. The summed E-state index contributed by atoms with van der Waals surface area (Å²) in [5.41, 5.74) is 2.47. The predicted octanol–water partition coefficient (Wildman–Crippen LogP) is 4.31. The molecule has 0 aliphatic carbocycles. The Kier molecular flexibility index (Phi) is 4.97. The SMILES string of the molecule is CCCCc1nc2ccc(NC(=O)c3cc(F)ccc3OC)cc2[nH]1. The number of anilines is 1. The molecular formula is C19H20FN3O2. The molecule has 1 heterocycles. The largest absolute Gasteiger partial charge is 0.496 e. The first-order valence-corrected chi connectivity index (χ1v) is 8.24. The molecule has 0 radical (unpaired) electrons. The van der Waals surface area contributed by atoms with Gasteiger partial charge in [0.15, 0.2) is 0 Å². The van der Waals surface area contributed by atoms with Crippen LogP contribution in [0.3, 0.4) is 0 Å². The summed E-state index contributed by atoms with van der Waals surface area (Å²) in [5, 5.41) is 2.77. The highest BCUT2D eigenvalue weighted by Crippen LogP contribution is 2.22. The Hall–Kier alpha value is -2.89. The number of fused-ring (bicyclic) bond motifs is 1. The Balaban J connectivity index is 1.82. The number of nitrogens with zero attached hydrogens (tertiary/aromatic N) is 1. The summed E-state index contributed by atoms with van der Waals surface area (Å²) >= 11 is 0. The highest BCUT2D eigenvalue weighted by atomic mass is 19.1. The molecule has 2 aromatic carbocycles. The fraction of sp³-hybridized carbons (Fsp3) is 0.263. The number of ether oxygens (including phenoxy) is 1. The number of hydrogen-bond acceptors (Lipinski definition) is 3. The van der Waals surface area contributed by atoms with Crippen molar-refractivity contribution in [2.75, 3.05) is 12.4 Å². The number of imidazole rings is 1. The van der Waals surface area contributed by atoms with Gasteiger partial charge in [0, 0.05) is 12.1 Å². The number of aryl methyl sites for hydroxylation is 1. The van der Waals surface area contributed by atoms with E-state index < -0.39 is 11.7 Å². The van der Waals surface area contributed by atoms with Gasteiger partial charge in [-0.3, -0.25) is 4.79 Å². The standard InChI is InChI=1S/C19H20FN3O2/c1-3-4-5-18-22-15-8-7-13(11-16(15)23-18)21-19(24)14-10-12(20)6-9-17(14)25-2/h6-11H,3-5H2,1-2H3,(H,21,24)(H,22,23). The van der Waals surface area contributed by atoms with Gasteiger partial charge in [-0.25, -0.2) is 9.37 Å². The van der Waals surface area contributed by atoms with Crippen LogP contribution in [0.4, 0.5) is 10.1 Å². The summed E-state index contributed by atoms with van der Waals surface area (Å²) in [5.74, 6) is 0.340. The van der Waals surface area contributed by atoms with Crippen LogP contribution < -0.4 is 10.1 Å². The van der Waals surface area contributed by atoms with Gasteiger partial charge in [0.05, 0.1) is 23.7 Å². The summed E-state index contributed by atoms with van der Waals surface area (Å²) in [6.45, 7) is 2.14. The van der Waals surface area contributed by atoms with Crippen LogP contribution in [0.2, 0.25) is 0 Å². The summed E-state index contributed by atoms with van der Waals surface area (Å²) in [6, 6.07) is 9.29. The number of aromatic nitrogens is 2. The zero-order valence-corrected chi connectivity index (χ0v) is 14.2. The number of unbranched alkanes of at least 4 members (excludes halogenated alkanes) is 1. The van der Waals surface area contributed by atoms with E-state index in [9.17, 15) is 9.18 Å². The first kappa shape index (κ1) is 17.0. The van der Waals surface area contributed by atoms with Gasteiger partial charge in [-0.15, -0.1) is 0 Å². The highest BCUT2D eigenvalue weighted by molar-refractivity contribution is 6.06. The molecule has 5 nitrogen and oxygen atoms in total. The third-order valence-corrected chi connectivity index (χ3v) is 3.96. The molecule has 25 heavy (non-hydrogen) atoms. The van der Waals surface area contributed by atoms with Crippen molar-refractivity contribution in [1.29, 1.82) is 0 Å². The number of carbonyl (C=O) groups is 1. The molecule has 0 aliphatic rings. The predicted molar refractivity (Wildman–Crippen MR) is 95.6 cm³/mol. The van der Waals surface area contributed by atoms with Gasteiger partial charge in [-0.2, -0.15) is 0 Å². The van der Waals surface area contributed by atoms with Crippen LogP contribution in [-0.2, 0) is 6.42 Å². The van der Waals surface area contributed by atoms with E-state index in [1.807, 2.05) is 12.1 Å². The van der Waals surface area contributed by atoms with E-state index >= 15 is 0 Å². The van der Waals surface area contributed by atoms with Crippen LogP contribution >= 0.6 is 0 Å². The molecule has 0 bridgehead atoms. The maximum absolute atomic E-state index is 13.4. The quantitative estimate of drug-likeness (QED) is 0.702. The minimum atomic E-state index is -0.490. The number of rotatable bonds is 6. The average molecular weight is 341 g/mol. The van der Waals surface area contributed by atoms with E-state index in [0.717, 1.165) is 42.2 Å². The maximum atomic E-state index is 13.4. The number of carbonyl (C=O) groups excluding carboxylic acids is 1. The van der Waals surface area contributed by atoms with Gasteiger partial charge < -0.3 is 15.0 Å². The number of aromatic amines is 1. The fourth-order valence-corrected chi connectivity index (χ4v) is 2.66. The smallest absolute Gasteiger partial charge is 0.259 e. The minimum absolute atomic E-state index is 0.149. The molecule has 1 aromatic heterocycles. The maximum Gasteiger partial charge on any atom is 0.259 e. The second kappa shape index (κ2) is 7.34. The Morgan fingerprint density at radius 2 is 2.12 bits per heavy atom. The molecule has 0 saturated carbocycles. The molecule has 0 atom stereocenters. The van der Waals surface area contributed by atoms with Gasteiger partial charge >= 0.3 is 0 Å². The third kappa shape index (κ3) is 3.79. The molecule has 6 heteroatoms. The number of halogens is 1. The lowest BCUT2D eigenvalue weighted by Gasteiger charge is -2.09. The van der Waals surface area contributed by atoms with Crippen LogP contribution in [0.15, 0.2) is 36.4 Å². The highest BCUT2D eigenvalue weighted by Gasteiger charge is 2.14. The number of benzene rings is 2. The van der Waals surface area contributed by atoms with Crippen molar-refractivity contribution < 1.29 is 13.9 Å². The lowest BCUT2D eigenvalue weighted by molar-refractivity contribution is 0.102. The average Bonchev–Trinajstić information content (AvgIpc) is 3.02. The van der Waals surface area contributed by atoms with E-state index in [1.54, 1.807) is 6.07 Å². The van der Waals surface area contributed by atoms with Gasteiger partial charge in [0.1, 0.15) is 17.4 Å². The van der Waals surface area contributed by atoms with Gasteiger partial charge in [0.25, 0.3) is 5.91 Å². The molecule has 0 aliphatic heterocycles. The van der Waals surface area contributed by atoms with Crippen LogP contribution in [0, 0.1) is 5.82 Å². The molecule has 3 aromatic rings. The number of hydrogen-bond donors (Lipinski definition) is 2. The van der Waals surface area contributed by atoms with Crippen LogP contribution in [0.25, 0.3) is 11.0 Å². The second-order valence-corrected chi connectivity index (χ2v) is 5.82. The lowest BCUT2D eigenvalue weighted by atomic mass is 10.1. The summed E-state index contributed by atoms with van der Waals surface area (Å²) in [4.78, 5) is 20.2. The van der Waals surface area contributed by atoms with Gasteiger partial charge in [-0.1, -0.05) is 13.3 Å². The minimum Gasteiger partial charge on any atom is -0.496 e. The summed E-state index contributed by atoms with van der Waals surface area (Å²) < 4.78 is 18.6. The molecule has 130 valence electrons. The van der Waals surface area contributed by atoms with E-state index in [4.69, 9.17) is 4.74 Å². The zero-order valence-electron chi connectivity index (χ0n) is 14.2. The first-order chi connectivity index (χ1) is 12.1. The molecule has 1 amide bonds. The van der Waals surface area contributed by atoms with Gasteiger partial charge in [-0.05, 0) is 42.8 Å². The third-order valence-electron chi connectivity index (χ3n) is 3.96. The van der Waals surface area contributed by atoms with Crippen molar-refractivity contribution in [3.8, 4) is 5.75 Å². The fourth-order valence-electron chi connectivity index (χ4n) is 2.66. The summed E-state index contributed by atoms with van der Waals surface area (Å²) in [6.07, 6.45) is 3.07. The van der Waals surface area contributed by atoms with Gasteiger partial charge in [0.2, 0.25) is 0 Å². The van der Waals surface area contributed by atoms with Crippen LogP contribution in [0.1, 0.15) is 35.9 Å². The monoisotopic (exact) mass is 341 g/mol. The van der Waals surface area contributed by atoms with E-state index in [1.165, 1.54) is 19.2 Å². The van der Waals surface area contributed by atoms with Crippen molar-refractivity contribution >= 4 is 22.6 Å². The lowest BCUT2D eigenvalue weighted by Crippen LogP contribution is -2.13. The Morgan fingerprint density at radius 3 is 2.88 bits per heavy atom. The number of methoxy groups -OCH3 is 1. The normalized spacial score (nSPS) is 10.8. The molecule has 0 saturated heterocycles. The van der Waals surface area contributed by atoms with E-state index in [-0.39, 0.29) is 5.56 Å². The van der Waals surface area contributed by atoms with E-state index in [0.29, 0.717) is 11.4 Å². The van der Waals surface area contributed by atoms with Crippen molar-refractivity contribution in [3.05, 3.63) is 53.6 Å². The van der Waals surface area contributed by atoms with Crippen molar-refractivity contribution in [1.82, 2.24) is 9.97 Å². The molecule has 0 fully saturated rings. The topological polar surface area (TPSA) is 67.0 Å². The second-order valence-electron chi connectivity index (χ2n) is 5.82. The van der Waals surface area contributed by atoms with Crippen LogP contribution in [-0.4, -0.2) is 23.0 Å². The van der Waals surface area contributed by atoms with Crippen LogP contribution in [0.5, 0.6) is 5.75 Å². The number of nitrogens with one attached hydrogen (secondary N) is 2. The van der Waals surface area contributed by atoms with E-state index in [2.05, 4.69) is 22.2 Å². The number of amides is 1. The number of H-pyrrole nitrogens is 1. The first-order valence-electron chi connectivity index (χ1n) is 8.24. The molecular weight excluding hydrogens is 321 g/mol. The molecule has 0 spiro atoms. The zero-order chi connectivity index (χ0) is 17.8. The Bertz CT molecular complexity index is 905. The van der Waals surface area contributed by atoms with Crippen molar-refractivity contribution in [2.45, 2.75) is 26.2 Å². The van der Waals surface area contributed by atoms with Crippen molar-refractivity contribution in [3.63, 3.8) is 0 Å².